The summed E-state index contributed by atoms with van der Waals surface area (Å²) in [6.07, 6.45) is 16.8. The van der Waals surface area contributed by atoms with Gasteiger partial charge in [-0.3, -0.25) is 0 Å². The molecule has 236 valence electrons. The van der Waals surface area contributed by atoms with Crippen LogP contribution in [0, 0.1) is 0 Å². The molecule has 7 aromatic rings. The molecule has 0 spiro atoms. The van der Waals surface area contributed by atoms with Crippen LogP contribution < -0.4 is 5.73 Å². The molecule has 6 aromatic carbocycles. The zero-order valence-electron chi connectivity index (χ0n) is 27.5. The Balaban J connectivity index is 1.11. The predicted octanol–water partition coefficient (Wildman–Crippen LogP) is 11.8. The molecule has 2 N–H and O–H groups in total. The Hall–Kier alpha value is -6.45. The van der Waals surface area contributed by atoms with E-state index in [1.54, 1.807) is 0 Å². The molecule has 0 fully saturated rings. The Morgan fingerprint density at radius 2 is 1.44 bits per heavy atom. The number of benzene rings is 6. The van der Waals surface area contributed by atoms with Crippen LogP contribution in [0.5, 0.6) is 0 Å². The summed E-state index contributed by atoms with van der Waals surface area (Å²) in [5, 5.41) is 7.39. The molecular weight excluding hydrogens is 607 g/mol. The lowest BCUT2D eigenvalue weighted by Gasteiger charge is -2.16. The Bertz CT molecular complexity index is 2800. The number of nitrogens with two attached hydrogens (primary N) is 1. The molecule has 50 heavy (non-hydrogen) atoms. The van der Waals surface area contributed by atoms with Crippen LogP contribution in [0.4, 0.5) is 0 Å². The normalized spacial score (nSPS) is 16.6. The molecule has 0 atom stereocenters. The van der Waals surface area contributed by atoms with Crippen molar-refractivity contribution in [3.8, 4) is 22.3 Å². The molecule has 1 heterocycles. The number of nitrogens with zero attached hydrogens (tertiary/aromatic N) is 2. The third-order valence-electron chi connectivity index (χ3n) is 10.6. The van der Waals surface area contributed by atoms with Crippen LogP contribution in [-0.2, 0) is 0 Å². The van der Waals surface area contributed by atoms with Gasteiger partial charge in [-0.05, 0) is 69.5 Å². The molecule has 3 aliphatic rings. The standard InChI is InChI=1S/C47H33N3/c1-29(31-23-24-36-41-25-22-30-12-5-6-15-33(30)47(41)50(44(36)28-31)32-13-3-2-4-14-32)49-43-21-10-9-18-42(43)46(48)40-27-26-39-35-17-8-7-16-34(35)37-19-11-20-38(40)45(37)39/h2-3,5-13,15-28H,1,4,14,48H2/b46-42-,49-43-. The molecule has 10 rings (SSSR count). The number of fused-ring (bicyclic) bond motifs is 8. The minimum absolute atomic E-state index is 0.696. The lowest BCUT2D eigenvalue weighted by atomic mass is 9.93. The lowest BCUT2D eigenvalue weighted by molar-refractivity contribution is 0.980. The van der Waals surface area contributed by atoms with Crippen molar-refractivity contribution in [1.82, 2.24) is 4.57 Å². The van der Waals surface area contributed by atoms with E-state index >= 15 is 0 Å². The van der Waals surface area contributed by atoms with Crippen LogP contribution in [0.25, 0.3) is 82.7 Å². The first-order valence-corrected chi connectivity index (χ1v) is 17.3. The van der Waals surface area contributed by atoms with E-state index in [1.807, 2.05) is 18.2 Å². The predicted molar refractivity (Wildman–Crippen MR) is 214 cm³/mol. The zero-order chi connectivity index (χ0) is 33.3. The highest BCUT2D eigenvalue weighted by molar-refractivity contribution is 6.22. The van der Waals surface area contributed by atoms with Gasteiger partial charge in [-0.2, -0.15) is 0 Å². The molecule has 3 heteroatoms. The van der Waals surface area contributed by atoms with Crippen molar-refractivity contribution in [2.75, 3.05) is 0 Å². The van der Waals surface area contributed by atoms with Crippen LogP contribution in [0.15, 0.2) is 169 Å². The van der Waals surface area contributed by atoms with Gasteiger partial charge in [0.2, 0.25) is 0 Å². The summed E-state index contributed by atoms with van der Waals surface area (Å²) in [5.74, 6) is 0. The zero-order valence-corrected chi connectivity index (χ0v) is 27.5. The number of aliphatic imine (C=N–C) groups is 1. The van der Waals surface area contributed by atoms with Crippen molar-refractivity contribution in [3.05, 3.63) is 175 Å². The molecule has 0 bridgehead atoms. The van der Waals surface area contributed by atoms with Crippen LogP contribution in [0.2, 0.25) is 0 Å². The van der Waals surface area contributed by atoms with Crippen LogP contribution >= 0.6 is 0 Å². The van der Waals surface area contributed by atoms with Gasteiger partial charge >= 0.3 is 0 Å². The second kappa shape index (κ2) is 11.0. The molecule has 0 saturated heterocycles. The van der Waals surface area contributed by atoms with E-state index in [1.165, 1.54) is 65.9 Å². The molecule has 0 radical (unpaired) electrons. The van der Waals surface area contributed by atoms with E-state index in [4.69, 9.17) is 10.7 Å². The quantitative estimate of drug-likeness (QED) is 0.205. The SMILES string of the molecule is C=C(/N=C1/C=CC=C/C1=C(/N)c1ccc2c3c(cccc13)-c1ccccc1-2)c1ccc2c3ccc4ccccc4c3n(C3=CC=CCC3)c2c1. The van der Waals surface area contributed by atoms with E-state index in [0.29, 0.717) is 11.4 Å². The van der Waals surface area contributed by atoms with Crippen molar-refractivity contribution in [3.63, 3.8) is 0 Å². The highest BCUT2D eigenvalue weighted by Crippen LogP contribution is 2.48. The first-order chi connectivity index (χ1) is 24.7. The Labute approximate surface area is 290 Å². The van der Waals surface area contributed by atoms with Gasteiger partial charge in [0.15, 0.2) is 0 Å². The Kier molecular flexibility index (Phi) is 6.31. The molecule has 0 amide bonds. The summed E-state index contributed by atoms with van der Waals surface area (Å²) in [4.78, 5) is 5.16. The first-order valence-electron chi connectivity index (χ1n) is 17.3. The largest absolute Gasteiger partial charge is 0.398 e. The van der Waals surface area contributed by atoms with E-state index < -0.39 is 0 Å². The van der Waals surface area contributed by atoms with Gasteiger partial charge in [0, 0.05) is 44.3 Å². The highest BCUT2D eigenvalue weighted by atomic mass is 15.0. The van der Waals surface area contributed by atoms with Gasteiger partial charge in [-0.1, -0.05) is 140 Å². The molecule has 3 aliphatic carbocycles. The van der Waals surface area contributed by atoms with Crippen molar-refractivity contribution in [2.45, 2.75) is 12.8 Å². The second-order valence-electron chi connectivity index (χ2n) is 13.3. The van der Waals surface area contributed by atoms with E-state index in [0.717, 1.165) is 40.6 Å². The Morgan fingerprint density at radius 1 is 0.680 bits per heavy atom. The maximum absolute atomic E-state index is 7.10. The minimum Gasteiger partial charge on any atom is -0.398 e. The highest BCUT2D eigenvalue weighted by Gasteiger charge is 2.24. The van der Waals surface area contributed by atoms with Gasteiger partial charge in [0.1, 0.15) is 0 Å². The molecule has 1 aromatic heterocycles. The fourth-order valence-electron chi connectivity index (χ4n) is 8.23. The summed E-state index contributed by atoms with van der Waals surface area (Å²) < 4.78 is 2.46. The van der Waals surface area contributed by atoms with Gasteiger partial charge in [0.05, 0.1) is 22.4 Å². The molecule has 3 nitrogen and oxygen atoms in total. The van der Waals surface area contributed by atoms with Gasteiger partial charge < -0.3 is 10.3 Å². The number of hydrogen-bond acceptors (Lipinski definition) is 2. The number of allylic oxidation sites excluding steroid dienone is 9. The monoisotopic (exact) mass is 639 g/mol. The maximum Gasteiger partial charge on any atom is 0.0730 e. The fourth-order valence-corrected chi connectivity index (χ4v) is 8.23. The number of rotatable bonds is 4. The molecule has 0 aliphatic heterocycles. The topological polar surface area (TPSA) is 43.3 Å². The number of hydrogen-bond donors (Lipinski definition) is 1. The summed E-state index contributed by atoms with van der Waals surface area (Å²) in [5.41, 5.74) is 21.0. The van der Waals surface area contributed by atoms with Gasteiger partial charge in [0.25, 0.3) is 0 Å². The number of aromatic nitrogens is 1. The van der Waals surface area contributed by atoms with Crippen LogP contribution in [-0.4, -0.2) is 10.3 Å². The van der Waals surface area contributed by atoms with E-state index in [9.17, 15) is 0 Å². The summed E-state index contributed by atoms with van der Waals surface area (Å²) in [7, 11) is 0. The third kappa shape index (κ3) is 4.20. The van der Waals surface area contributed by atoms with E-state index in [2.05, 4.69) is 145 Å². The average molecular weight is 640 g/mol. The third-order valence-corrected chi connectivity index (χ3v) is 10.6. The lowest BCUT2D eigenvalue weighted by Crippen LogP contribution is -2.10. The minimum atomic E-state index is 0.696. The average Bonchev–Trinajstić information content (AvgIpc) is 3.69. The van der Waals surface area contributed by atoms with Crippen molar-refractivity contribution in [1.29, 1.82) is 0 Å². The first kappa shape index (κ1) is 28.6. The van der Waals surface area contributed by atoms with Crippen molar-refractivity contribution in [2.24, 2.45) is 10.7 Å². The summed E-state index contributed by atoms with van der Waals surface area (Å²) in [6, 6.07) is 39.4. The summed E-state index contributed by atoms with van der Waals surface area (Å²) in [6.45, 7) is 4.50. The summed E-state index contributed by atoms with van der Waals surface area (Å²) >= 11 is 0. The second-order valence-corrected chi connectivity index (χ2v) is 13.3. The molecular formula is C47H33N3. The van der Waals surface area contributed by atoms with Crippen LogP contribution in [0.1, 0.15) is 24.0 Å². The fraction of sp³-hybridized carbons (Fsp3) is 0.0426. The van der Waals surface area contributed by atoms with Gasteiger partial charge in [-0.25, -0.2) is 4.99 Å². The van der Waals surface area contributed by atoms with Gasteiger partial charge in [-0.15, -0.1) is 0 Å². The van der Waals surface area contributed by atoms with Crippen LogP contribution in [0.3, 0.4) is 0 Å². The van der Waals surface area contributed by atoms with E-state index in [-0.39, 0.29) is 0 Å². The Morgan fingerprint density at radius 3 is 2.30 bits per heavy atom. The molecule has 0 saturated carbocycles. The molecule has 0 unspecified atom stereocenters. The smallest absolute Gasteiger partial charge is 0.0730 e. The van der Waals surface area contributed by atoms with Crippen molar-refractivity contribution < 1.29 is 0 Å². The maximum atomic E-state index is 7.10. The van der Waals surface area contributed by atoms with Crippen molar-refractivity contribution >= 4 is 66.2 Å².